The summed E-state index contributed by atoms with van der Waals surface area (Å²) in [7, 11) is 0. The van der Waals surface area contributed by atoms with Gasteiger partial charge in [-0.15, -0.1) is 0 Å². The van der Waals surface area contributed by atoms with Gasteiger partial charge in [0.1, 0.15) is 11.6 Å². The molecule has 0 radical (unpaired) electrons. The Morgan fingerprint density at radius 1 is 0.848 bits per heavy atom. The van der Waals surface area contributed by atoms with Crippen LogP contribution in [-0.4, -0.2) is 46.1 Å². The van der Waals surface area contributed by atoms with Crippen molar-refractivity contribution in [3.05, 3.63) is 84.7 Å². The first-order valence-electron chi connectivity index (χ1n) is 11.0. The van der Waals surface area contributed by atoms with E-state index in [0.717, 1.165) is 59.6 Å². The molecule has 1 aliphatic heterocycles. The molecule has 3 aromatic heterocycles. The van der Waals surface area contributed by atoms with Gasteiger partial charge in [-0.05, 0) is 17.7 Å². The Kier molecular flexibility index (Phi) is 4.88. The molecule has 0 amide bonds. The fourth-order valence-electron chi connectivity index (χ4n) is 4.37. The van der Waals surface area contributed by atoms with Crippen LogP contribution in [0, 0.1) is 5.82 Å². The topological polar surface area (TPSA) is 66.8 Å². The molecule has 0 saturated carbocycles. The van der Waals surface area contributed by atoms with Gasteiger partial charge in [0.25, 0.3) is 0 Å². The number of anilines is 1. The number of nitrogens with one attached hydrogen (secondary N) is 1. The standard InChI is InChI=1S/C26H21FN6/c27-22-7-2-1-6-18(22)21-15-29-9-8-19(21)25-31-23-16-30-14-20(17-4-3-5-17)24(23)26(32-25)33-12-10-28-11-13-33/h1-9,14-16,28H,10-13H2. The Bertz CT molecular complexity index is 1420. The molecule has 0 atom stereocenters. The SMILES string of the molecule is Fc1ccccc1-c1cnccc1-c1nc(N2CCNCC2)c2c(C3=CC=C3)cncc2n1. The van der Waals surface area contributed by atoms with E-state index in [2.05, 4.69) is 32.3 Å². The predicted octanol–water partition coefficient (Wildman–Crippen LogP) is 4.26. The molecule has 1 fully saturated rings. The van der Waals surface area contributed by atoms with Crippen molar-refractivity contribution in [2.75, 3.05) is 31.1 Å². The number of benzene rings is 1. The minimum Gasteiger partial charge on any atom is -0.353 e. The van der Waals surface area contributed by atoms with Gasteiger partial charge in [0.05, 0.1) is 17.1 Å². The van der Waals surface area contributed by atoms with Crippen molar-refractivity contribution < 1.29 is 4.39 Å². The maximum Gasteiger partial charge on any atom is 0.162 e. The Balaban J connectivity index is 1.60. The molecular formula is C26H21FN6. The number of allylic oxidation sites excluding steroid dienone is 4. The smallest absolute Gasteiger partial charge is 0.162 e. The van der Waals surface area contributed by atoms with Crippen LogP contribution < -0.4 is 10.2 Å². The number of nitrogens with zero attached hydrogens (tertiary/aromatic N) is 5. The van der Waals surface area contributed by atoms with Crippen LogP contribution in [0.3, 0.4) is 0 Å². The van der Waals surface area contributed by atoms with Crippen LogP contribution in [0.15, 0.2) is 73.3 Å². The van der Waals surface area contributed by atoms with Gasteiger partial charge in [0.2, 0.25) is 0 Å². The van der Waals surface area contributed by atoms with E-state index in [1.165, 1.54) is 6.07 Å². The monoisotopic (exact) mass is 436 g/mol. The van der Waals surface area contributed by atoms with Crippen molar-refractivity contribution in [2.24, 2.45) is 0 Å². The molecule has 0 unspecified atom stereocenters. The van der Waals surface area contributed by atoms with Crippen LogP contribution in [0.4, 0.5) is 10.2 Å². The Morgan fingerprint density at radius 2 is 1.67 bits per heavy atom. The summed E-state index contributed by atoms with van der Waals surface area (Å²) in [6.45, 7) is 3.47. The van der Waals surface area contributed by atoms with Crippen molar-refractivity contribution >= 4 is 22.3 Å². The zero-order valence-corrected chi connectivity index (χ0v) is 17.9. The molecule has 4 heterocycles. The highest BCUT2D eigenvalue weighted by Crippen LogP contribution is 2.37. The first-order chi connectivity index (χ1) is 16.3. The van der Waals surface area contributed by atoms with Gasteiger partial charge in [-0.25, -0.2) is 14.4 Å². The molecule has 1 aromatic carbocycles. The summed E-state index contributed by atoms with van der Waals surface area (Å²) in [5, 5.41) is 4.40. The molecule has 6 nitrogen and oxygen atoms in total. The third kappa shape index (κ3) is 3.47. The average molecular weight is 436 g/mol. The van der Waals surface area contributed by atoms with E-state index in [4.69, 9.17) is 9.97 Å². The van der Waals surface area contributed by atoms with E-state index in [1.54, 1.807) is 30.7 Å². The van der Waals surface area contributed by atoms with Crippen molar-refractivity contribution in [3.8, 4) is 22.5 Å². The van der Waals surface area contributed by atoms with Gasteiger partial charge in [-0.1, -0.05) is 36.4 Å². The lowest BCUT2D eigenvalue weighted by Crippen LogP contribution is -2.44. The summed E-state index contributed by atoms with van der Waals surface area (Å²) in [6.07, 6.45) is 13.2. The lowest BCUT2D eigenvalue weighted by atomic mass is 9.97. The zero-order chi connectivity index (χ0) is 22.2. The fraction of sp³-hybridized carbons (Fsp3) is 0.154. The lowest BCUT2D eigenvalue weighted by molar-refractivity contribution is 0.586. The minimum absolute atomic E-state index is 0.303. The zero-order valence-electron chi connectivity index (χ0n) is 17.9. The predicted molar refractivity (Wildman–Crippen MR) is 128 cm³/mol. The number of piperazine rings is 1. The highest BCUT2D eigenvalue weighted by atomic mass is 19.1. The van der Waals surface area contributed by atoms with Crippen molar-refractivity contribution in [3.63, 3.8) is 0 Å². The third-order valence-electron chi connectivity index (χ3n) is 6.09. The fourth-order valence-corrected chi connectivity index (χ4v) is 4.37. The number of pyridine rings is 2. The first-order valence-corrected chi connectivity index (χ1v) is 11.0. The summed E-state index contributed by atoms with van der Waals surface area (Å²) >= 11 is 0. The van der Waals surface area contributed by atoms with Gasteiger partial charge >= 0.3 is 0 Å². The van der Waals surface area contributed by atoms with E-state index >= 15 is 0 Å². The summed E-state index contributed by atoms with van der Waals surface area (Å²) < 4.78 is 14.7. The number of fused-ring (bicyclic) bond motifs is 1. The molecule has 7 heteroatoms. The van der Waals surface area contributed by atoms with E-state index in [9.17, 15) is 4.39 Å². The first kappa shape index (κ1) is 19.7. The van der Waals surface area contributed by atoms with Gasteiger partial charge in [-0.2, -0.15) is 0 Å². The van der Waals surface area contributed by atoms with Crippen LogP contribution in [-0.2, 0) is 0 Å². The number of halogens is 1. The quantitative estimate of drug-likeness (QED) is 0.516. The van der Waals surface area contributed by atoms with Gasteiger partial charge in [0, 0.05) is 67.0 Å². The maximum atomic E-state index is 14.7. The van der Waals surface area contributed by atoms with E-state index in [-0.39, 0.29) is 5.82 Å². The summed E-state index contributed by atoms with van der Waals surface area (Å²) in [5.41, 5.74) is 4.79. The Hall–Kier alpha value is -3.97. The number of aromatic nitrogens is 4. The third-order valence-corrected chi connectivity index (χ3v) is 6.09. The van der Waals surface area contributed by atoms with E-state index < -0.39 is 0 Å². The summed E-state index contributed by atoms with van der Waals surface area (Å²) in [5.74, 6) is 1.11. The molecule has 1 N–H and O–H groups in total. The van der Waals surface area contributed by atoms with Crippen LogP contribution in [0.2, 0.25) is 0 Å². The van der Waals surface area contributed by atoms with Crippen LogP contribution in [0.25, 0.3) is 39.0 Å². The lowest BCUT2D eigenvalue weighted by Gasteiger charge is -2.30. The second kappa shape index (κ2) is 8.18. The van der Waals surface area contributed by atoms with Crippen LogP contribution in [0.5, 0.6) is 0 Å². The van der Waals surface area contributed by atoms with Gasteiger partial charge in [0.15, 0.2) is 5.82 Å². The highest BCUT2D eigenvalue weighted by Gasteiger charge is 2.23. The molecule has 0 spiro atoms. The summed E-state index contributed by atoms with van der Waals surface area (Å²) in [4.78, 5) is 21.0. The van der Waals surface area contributed by atoms with Crippen molar-refractivity contribution in [2.45, 2.75) is 0 Å². The Morgan fingerprint density at radius 3 is 2.45 bits per heavy atom. The Labute approximate surface area is 190 Å². The second-order valence-electron chi connectivity index (χ2n) is 8.07. The van der Waals surface area contributed by atoms with Crippen molar-refractivity contribution in [1.29, 1.82) is 0 Å². The average Bonchev–Trinajstić information content (AvgIpc) is 2.83. The molecule has 4 aromatic rings. The number of rotatable bonds is 4. The van der Waals surface area contributed by atoms with Gasteiger partial charge < -0.3 is 10.2 Å². The molecule has 1 saturated heterocycles. The number of hydrogen-bond acceptors (Lipinski definition) is 6. The molecule has 162 valence electrons. The van der Waals surface area contributed by atoms with E-state index in [1.807, 2.05) is 24.4 Å². The number of hydrogen-bond donors (Lipinski definition) is 1. The maximum absolute atomic E-state index is 14.7. The summed E-state index contributed by atoms with van der Waals surface area (Å²) in [6, 6.07) is 8.55. The van der Waals surface area contributed by atoms with E-state index in [0.29, 0.717) is 17.0 Å². The van der Waals surface area contributed by atoms with Crippen LogP contribution in [0.1, 0.15) is 5.56 Å². The molecule has 6 rings (SSSR count). The highest BCUT2D eigenvalue weighted by molar-refractivity contribution is 6.03. The normalized spacial score (nSPS) is 15.4. The minimum atomic E-state index is -0.303. The molecule has 2 aliphatic rings. The molecular weight excluding hydrogens is 415 g/mol. The van der Waals surface area contributed by atoms with Crippen LogP contribution >= 0.6 is 0 Å². The van der Waals surface area contributed by atoms with Gasteiger partial charge in [-0.3, -0.25) is 9.97 Å². The molecule has 33 heavy (non-hydrogen) atoms. The largest absolute Gasteiger partial charge is 0.353 e. The molecule has 0 bridgehead atoms. The molecule has 1 aliphatic carbocycles. The van der Waals surface area contributed by atoms with Crippen molar-refractivity contribution in [1.82, 2.24) is 25.3 Å². The second-order valence-corrected chi connectivity index (χ2v) is 8.07.